The Morgan fingerprint density at radius 2 is 1.83 bits per heavy atom. The molecule has 0 bridgehead atoms. The summed E-state index contributed by atoms with van der Waals surface area (Å²) in [6.07, 6.45) is -3.38. The van der Waals surface area contributed by atoms with Gasteiger partial charge in [-0.3, -0.25) is 0 Å². The number of morpholine rings is 1. The maximum atomic E-state index is 13.9. The second-order valence-corrected chi connectivity index (χ2v) is 7.68. The molecular weight excluding hydrogens is 404 g/mol. The summed E-state index contributed by atoms with van der Waals surface area (Å²) in [7, 11) is 2.03. The van der Waals surface area contributed by atoms with Crippen molar-refractivity contribution in [3.05, 3.63) is 41.8 Å². The molecule has 30 heavy (non-hydrogen) atoms. The van der Waals surface area contributed by atoms with E-state index in [1.807, 2.05) is 7.05 Å². The van der Waals surface area contributed by atoms with Crippen molar-refractivity contribution >= 4 is 5.95 Å². The summed E-state index contributed by atoms with van der Waals surface area (Å²) in [6.45, 7) is 3.19. The number of nitrogens with zero attached hydrogens (tertiary/aromatic N) is 4. The minimum Gasteiger partial charge on any atom is -0.436 e. The largest absolute Gasteiger partial charge is 0.436 e. The smallest absolute Gasteiger partial charge is 0.433 e. The van der Waals surface area contributed by atoms with Gasteiger partial charge in [-0.1, -0.05) is 12.1 Å². The Balaban J connectivity index is 1.57. The van der Waals surface area contributed by atoms with Crippen LogP contribution in [0.4, 0.5) is 23.5 Å². The van der Waals surface area contributed by atoms with Crippen molar-refractivity contribution in [2.75, 3.05) is 44.7 Å². The molecule has 2 aliphatic rings. The first-order valence-electron chi connectivity index (χ1n) is 9.70. The molecule has 0 atom stereocenters. The zero-order valence-electron chi connectivity index (χ0n) is 16.5. The van der Waals surface area contributed by atoms with E-state index in [1.165, 1.54) is 18.2 Å². The van der Waals surface area contributed by atoms with Crippen LogP contribution in [-0.4, -0.2) is 60.3 Å². The Morgan fingerprint density at radius 3 is 2.50 bits per heavy atom. The number of anilines is 1. The molecule has 6 nitrogen and oxygen atoms in total. The minimum atomic E-state index is -4.68. The predicted molar refractivity (Wildman–Crippen MR) is 101 cm³/mol. The number of benzene rings is 1. The summed E-state index contributed by atoms with van der Waals surface area (Å²) in [6, 6.07) is 6.15. The normalized spacial score (nSPS) is 19.8. The maximum absolute atomic E-state index is 13.9. The van der Waals surface area contributed by atoms with E-state index in [-0.39, 0.29) is 23.2 Å². The van der Waals surface area contributed by atoms with Gasteiger partial charge < -0.3 is 19.3 Å². The summed E-state index contributed by atoms with van der Waals surface area (Å²) in [5.41, 5.74) is -1.43. The Kier molecular flexibility index (Phi) is 5.54. The fourth-order valence-corrected chi connectivity index (χ4v) is 3.84. The molecule has 2 fully saturated rings. The lowest BCUT2D eigenvalue weighted by molar-refractivity contribution is -0.141. The summed E-state index contributed by atoms with van der Waals surface area (Å²) >= 11 is 0. The fourth-order valence-electron chi connectivity index (χ4n) is 3.84. The molecule has 2 saturated heterocycles. The van der Waals surface area contributed by atoms with Crippen LogP contribution in [0.25, 0.3) is 0 Å². The number of likely N-dealkylation sites (N-methyl/N-ethyl adjacent to an activating group) is 1. The topological polar surface area (TPSA) is 50.7 Å². The average Bonchev–Trinajstić information content (AvgIpc) is 2.69. The molecule has 1 aromatic carbocycles. The molecule has 162 valence electrons. The number of ether oxygens (including phenoxy) is 2. The van der Waals surface area contributed by atoms with E-state index >= 15 is 0 Å². The van der Waals surface area contributed by atoms with E-state index < -0.39 is 17.7 Å². The number of rotatable bonds is 3. The lowest BCUT2D eigenvalue weighted by Gasteiger charge is -2.46. The zero-order chi connectivity index (χ0) is 21.4. The van der Waals surface area contributed by atoms with E-state index in [0.717, 1.165) is 19.2 Å². The molecule has 0 saturated carbocycles. The third-order valence-corrected chi connectivity index (χ3v) is 5.43. The van der Waals surface area contributed by atoms with Gasteiger partial charge in [0, 0.05) is 32.2 Å². The number of alkyl halides is 3. The van der Waals surface area contributed by atoms with Gasteiger partial charge in [-0.05, 0) is 32.0 Å². The Bertz CT molecular complexity index is 901. The number of para-hydroxylation sites is 1. The first-order valence-corrected chi connectivity index (χ1v) is 9.70. The molecule has 3 heterocycles. The monoisotopic (exact) mass is 426 g/mol. The van der Waals surface area contributed by atoms with Gasteiger partial charge in [0.1, 0.15) is 0 Å². The standard InChI is InChI=1S/C20H22F4N4O2/c1-27-10-11-29-19(13-27)6-8-28(9-7-19)18-25-16(20(22,23)24)12-17(26-18)30-15-5-3-2-4-14(15)21/h2-5,12H,6-11,13H2,1H3. The highest BCUT2D eigenvalue weighted by Crippen LogP contribution is 2.35. The quantitative estimate of drug-likeness (QED) is 0.698. The lowest BCUT2D eigenvalue weighted by atomic mass is 9.89. The van der Waals surface area contributed by atoms with Crippen LogP contribution in [0.5, 0.6) is 11.6 Å². The third kappa shape index (κ3) is 4.49. The minimum absolute atomic E-state index is 0.0878. The third-order valence-electron chi connectivity index (χ3n) is 5.43. The van der Waals surface area contributed by atoms with Gasteiger partial charge in [-0.15, -0.1) is 0 Å². The van der Waals surface area contributed by atoms with Crippen molar-refractivity contribution in [1.82, 2.24) is 14.9 Å². The SMILES string of the molecule is CN1CCOC2(CCN(c3nc(Oc4ccccc4F)cc(C(F)(F)F)n3)CC2)C1. The van der Waals surface area contributed by atoms with Gasteiger partial charge >= 0.3 is 6.18 Å². The van der Waals surface area contributed by atoms with E-state index in [2.05, 4.69) is 14.9 Å². The first-order chi connectivity index (χ1) is 14.2. The van der Waals surface area contributed by atoms with Gasteiger partial charge in [0.25, 0.3) is 0 Å². The lowest BCUT2D eigenvalue weighted by Crippen LogP contribution is -2.56. The summed E-state index contributed by atoms with van der Waals surface area (Å²) in [5.74, 6) is -1.34. The van der Waals surface area contributed by atoms with Crippen molar-refractivity contribution in [1.29, 1.82) is 0 Å². The number of aromatic nitrogens is 2. The molecule has 1 spiro atoms. The number of piperidine rings is 1. The van der Waals surface area contributed by atoms with Crippen LogP contribution in [0, 0.1) is 5.82 Å². The molecule has 0 radical (unpaired) electrons. The highest BCUT2D eigenvalue weighted by Gasteiger charge is 2.40. The van der Waals surface area contributed by atoms with Crippen LogP contribution in [0.1, 0.15) is 18.5 Å². The van der Waals surface area contributed by atoms with Crippen molar-refractivity contribution in [2.45, 2.75) is 24.6 Å². The second kappa shape index (κ2) is 7.99. The molecule has 10 heteroatoms. The van der Waals surface area contributed by atoms with Crippen molar-refractivity contribution in [3.63, 3.8) is 0 Å². The molecule has 2 aliphatic heterocycles. The molecule has 0 N–H and O–H groups in total. The molecule has 0 aliphatic carbocycles. The fraction of sp³-hybridized carbons (Fsp3) is 0.500. The van der Waals surface area contributed by atoms with Crippen LogP contribution in [0.2, 0.25) is 0 Å². The summed E-state index contributed by atoms with van der Waals surface area (Å²) in [5, 5.41) is 0. The van der Waals surface area contributed by atoms with Crippen LogP contribution in [-0.2, 0) is 10.9 Å². The Hall–Kier alpha value is -2.46. The van der Waals surface area contributed by atoms with Crippen molar-refractivity contribution < 1.29 is 27.0 Å². The predicted octanol–water partition coefficient (Wildman–Crippen LogP) is 3.73. The molecule has 0 unspecified atom stereocenters. The second-order valence-electron chi connectivity index (χ2n) is 7.68. The van der Waals surface area contributed by atoms with Crippen LogP contribution < -0.4 is 9.64 Å². The van der Waals surface area contributed by atoms with E-state index in [1.54, 1.807) is 4.90 Å². The van der Waals surface area contributed by atoms with Gasteiger partial charge in [0.15, 0.2) is 17.3 Å². The molecule has 0 amide bonds. The molecular formula is C20H22F4N4O2. The summed E-state index contributed by atoms with van der Waals surface area (Å²) < 4.78 is 65.4. The number of halogens is 4. The molecule has 2 aromatic rings. The number of hydrogen-bond acceptors (Lipinski definition) is 6. The zero-order valence-corrected chi connectivity index (χ0v) is 16.5. The highest BCUT2D eigenvalue weighted by atomic mass is 19.4. The van der Waals surface area contributed by atoms with Crippen LogP contribution >= 0.6 is 0 Å². The van der Waals surface area contributed by atoms with Crippen LogP contribution in [0.3, 0.4) is 0 Å². The molecule has 4 rings (SSSR count). The Labute approximate surface area is 171 Å². The van der Waals surface area contributed by atoms with Gasteiger partial charge in [-0.25, -0.2) is 9.37 Å². The van der Waals surface area contributed by atoms with Gasteiger partial charge in [0.2, 0.25) is 11.8 Å². The van der Waals surface area contributed by atoms with Gasteiger partial charge in [-0.2, -0.15) is 18.2 Å². The summed E-state index contributed by atoms with van der Waals surface area (Å²) in [4.78, 5) is 11.7. The van der Waals surface area contributed by atoms with Gasteiger partial charge in [0.05, 0.1) is 12.2 Å². The van der Waals surface area contributed by atoms with Crippen molar-refractivity contribution in [2.24, 2.45) is 0 Å². The van der Waals surface area contributed by atoms with E-state index in [0.29, 0.717) is 38.6 Å². The maximum Gasteiger partial charge on any atom is 0.433 e. The van der Waals surface area contributed by atoms with Crippen molar-refractivity contribution in [3.8, 4) is 11.6 Å². The molecule has 1 aromatic heterocycles. The first kappa shape index (κ1) is 20.8. The van der Waals surface area contributed by atoms with E-state index in [4.69, 9.17) is 9.47 Å². The van der Waals surface area contributed by atoms with Crippen LogP contribution in [0.15, 0.2) is 30.3 Å². The highest BCUT2D eigenvalue weighted by molar-refractivity contribution is 5.38. The number of hydrogen-bond donors (Lipinski definition) is 0. The van der Waals surface area contributed by atoms with E-state index in [9.17, 15) is 17.6 Å². The Morgan fingerprint density at radius 1 is 1.10 bits per heavy atom. The average molecular weight is 426 g/mol.